The van der Waals surface area contributed by atoms with Crippen LogP contribution in [0.25, 0.3) is 22.4 Å². The Kier molecular flexibility index (Phi) is 6.03. The van der Waals surface area contributed by atoms with E-state index < -0.39 is 0 Å². The Morgan fingerprint density at radius 3 is 2.26 bits per heavy atom. The van der Waals surface area contributed by atoms with Gasteiger partial charge in [-0.15, -0.1) is 0 Å². The number of pyridine rings is 3. The number of anilines is 1. The van der Waals surface area contributed by atoms with E-state index in [0.717, 1.165) is 17.0 Å². The van der Waals surface area contributed by atoms with E-state index in [0.29, 0.717) is 29.8 Å². The number of rotatable bonds is 7. The third-order valence-electron chi connectivity index (χ3n) is 5.38. The van der Waals surface area contributed by atoms with Crippen molar-refractivity contribution in [1.29, 1.82) is 0 Å². The Hall–Kier alpha value is -4.46. The molecule has 1 aromatic carbocycles. The number of benzene rings is 1. The zero-order valence-electron chi connectivity index (χ0n) is 18.2. The number of aromatic nitrogens is 5. The van der Waals surface area contributed by atoms with Crippen LogP contribution < -0.4 is 10.9 Å². The van der Waals surface area contributed by atoms with Gasteiger partial charge >= 0.3 is 0 Å². The van der Waals surface area contributed by atoms with Gasteiger partial charge in [-0.1, -0.05) is 12.1 Å². The first-order chi connectivity index (χ1) is 16.7. The van der Waals surface area contributed by atoms with E-state index in [1.54, 1.807) is 29.1 Å². The minimum atomic E-state index is -0.320. The zero-order valence-corrected chi connectivity index (χ0v) is 18.2. The van der Waals surface area contributed by atoms with Crippen LogP contribution in [0.4, 0.5) is 10.2 Å². The van der Waals surface area contributed by atoms with E-state index in [1.807, 2.05) is 48.5 Å². The summed E-state index contributed by atoms with van der Waals surface area (Å²) >= 11 is 0. The van der Waals surface area contributed by atoms with Crippen molar-refractivity contribution in [2.24, 2.45) is 0 Å². The van der Waals surface area contributed by atoms with Crippen LogP contribution in [-0.2, 0) is 13.0 Å². The molecule has 0 aliphatic heterocycles. The lowest BCUT2D eigenvalue weighted by Crippen LogP contribution is -2.27. The van der Waals surface area contributed by atoms with Crippen molar-refractivity contribution >= 4 is 17.0 Å². The first kappa shape index (κ1) is 21.4. The summed E-state index contributed by atoms with van der Waals surface area (Å²) in [6.07, 6.45) is 4.09. The predicted octanol–water partition coefficient (Wildman–Crippen LogP) is 4.09. The molecule has 34 heavy (non-hydrogen) atoms. The van der Waals surface area contributed by atoms with Gasteiger partial charge < -0.3 is 5.32 Å². The highest BCUT2D eigenvalue weighted by Crippen LogP contribution is 2.21. The summed E-state index contributed by atoms with van der Waals surface area (Å²) in [5.74, 6) is -0.0737. The Morgan fingerprint density at radius 1 is 0.824 bits per heavy atom. The Labute approximate surface area is 195 Å². The van der Waals surface area contributed by atoms with E-state index >= 15 is 0 Å². The van der Waals surface area contributed by atoms with Crippen LogP contribution in [0.15, 0.2) is 90.0 Å². The van der Waals surface area contributed by atoms with E-state index in [9.17, 15) is 9.18 Å². The third-order valence-corrected chi connectivity index (χ3v) is 5.38. The second-order valence-corrected chi connectivity index (χ2v) is 7.72. The molecule has 5 aromatic rings. The van der Waals surface area contributed by atoms with Gasteiger partial charge in [0.2, 0.25) is 0 Å². The second-order valence-electron chi connectivity index (χ2n) is 7.72. The van der Waals surface area contributed by atoms with Gasteiger partial charge in [0, 0.05) is 36.6 Å². The molecule has 0 bridgehead atoms. The summed E-state index contributed by atoms with van der Waals surface area (Å²) in [5, 5.41) is 3.16. The monoisotopic (exact) mass is 452 g/mol. The number of nitrogens with one attached hydrogen (secondary N) is 1. The van der Waals surface area contributed by atoms with Crippen molar-refractivity contribution in [2.75, 3.05) is 11.9 Å². The average molecular weight is 452 g/mol. The number of hydrogen-bond acceptors (Lipinski definition) is 6. The smallest absolute Gasteiger partial charge is 0.295 e. The molecular formula is C26H21FN6O. The lowest BCUT2D eigenvalue weighted by molar-refractivity contribution is 0.628. The quantitative estimate of drug-likeness (QED) is 0.400. The summed E-state index contributed by atoms with van der Waals surface area (Å²) in [6.45, 7) is 0.753. The summed E-state index contributed by atoms with van der Waals surface area (Å²) in [7, 11) is 0. The van der Waals surface area contributed by atoms with Crippen molar-refractivity contribution < 1.29 is 4.39 Å². The molecule has 7 nitrogen and oxygen atoms in total. The summed E-state index contributed by atoms with van der Waals surface area (Å²) in [5.41, 5.74) is 3.75. The van der Waals surface area contributed by atoms with Crippen molar-refractivity contribution in [3.05, 3.63) is 113 Å². The first-order valence-electron chi connectivity index (χ1n) is 10.9. The molecule has 0 saturated heterocycles. The molecule has 0 spiro atoms. The molecule has 0 fully saturated rings. The van der Waals surface area contributed by atoms with Crippen molar-refractivity contribution in [2.45, 2.75) is 13.0 Å². The van der Waals surface area contributed by atoms with Crippen LogP contribution in [0.2, 0.25) is 0 Å². The van der Waals surface area contributed by atoms with Crippen molar-refractivity contribution in [3.63, 3.8) is 0 Å². The lowest BCUT2D eigenvalue weighted by atomic mass is 10.1. The highest BCUT2D eigenvalue weighted by Gasteiger charge is 2.14. The molecule has 0 saturated carbocycles. The summed E-state index contributed by atoms with van der Waals surface area (Å²) in [6, 6.07) is 21.0. The number of halogens is 1. The molecule has 0 radical (unpaired) electrons. The zero-order chi connectivity index (χ0) is 23.3. The SMILES string of the molecule is O=c1c(NCCc2ccccn2)nc2ccc(-c3ccc(F)cc3)nc2n1Cc1ccccn1. The second kappa shape index (κ2) is 9.58. The molecule has 0 unspecified atom stereocenters. The topological polar surface area (TPSA) is 85.6 Å². The minimum absolute atomic E-state index is 0.244. The van der Waals surface area contributed by atoms with Crippen molar-refractivity contribution in [3.8, 4) is 11.3 Å². The molecule has 0 aliphatic carbocycles. The number of hydrogen-bond donors (Lipinski definition) is 1. The maximum Gasteiger partial charge on any atom is 0.295 e. The highest BCUT2D eigenvalue weighted by molar-refractivity contribution is 5.76. The van der Waals surface area contributed by atoms with Crippen LogP contribution in [0.5, 0.6) is 0 Å². The maximum atomic E-state index is 13.4. The molecular weight excluding hydrogens is 431 g/mol. The minimum Gasteiger partial charge on any atom is -0.365 e. The fourth-order valence-corrected chi connectivity index (χ4v) is 3.67. The van der Waals surface area contributed by atoms with Gasteiger partial charge in [-0.05, 0) is 60.7 Å². The molecule has 4 heterocycles. The summed E-state index contributed by atoms with van der Waals surface area (Å²) < 4.78 is 14.9. The molecule has 168 valence electrons. The van der Waals surface area contributed by atoms with Gasteiger partial charge in [0.15, 0.2) is 11.5 Å². The van der Waals surface area contributed by atoms with Crippen LogP contribution in [0.1, 0.15) is 11.4 Å². The van der Waals surface area contributed by atoms with E-state index in [-0.39, 0.29) is 23.7 Å². The normalized spacial score (nSPS) is 11.0. The molecule has 4 aromatic heterocycles. The van der Waals surface area contributed by atoms with Gasteiger partial charge in [-0.25, -0.2) is 14.4 Å². The fraction of sp³-hybridized carbons (Fsp3) is 0.115. The molecule has 0 atom stereocenters. The largest absolute Gasteiger partial charge is 0.365 e. The predicted molar refractivity (Wildman–Crippen MR) is 129 cm³/mol. The van der Waals surface area contributed by atoms with E-state index in [2.05, 4.69) is 20.3 Å². The average Bonchev–Trinajstić information content (AvgIpc) is 2.88. The maximum absolute atomic E-state index is 13.4. The first-order valence-corrected chi connectivity index (χ1v) is 10.9. The van der Waals surface area contributed by atoms with Crippen molar-refractivity contribution in [1.82, 2.24) is 24.5 Å². The third kappa shape index (κ3) is 4.66. The Bertz CT molecular complexity index is 1470. The molecule has 0 aliphatic rings. The van der Waals surface area contributed by atoms with Gasteiger partial charge in [0.25, 0.3) is 5.56 Å². The van der Waals surface area contributed by atoms with Crippen LogP contribution in [0, 0.1) is 5.82 Å². The van der Waals surface area contributed by atoms with E-state index in [1.165, 1.54) is 12.1 Å². The van der Waals surface area contributed by atoms with Gasteiger partial charge in [-0.3, -0.25) is 19.3 Å². The van der Waals surface area contributed by atoms with Crippen LogP contribution >= 0.6 is 0 Å². The summed E-state index contributed by atoms with van der Waals surface area (Å²) in [4.78, 5) is 31.4. The molecule has 0 amide bonds. The molecule has 8 heteroatoms. The molecule has 5 rings (SSSR count). The van der Waals surface area contributed by atoms with E-state index in [4.69, 9.17) is 4.98 Å². The standard InChI is InChI=1S/C26H21FN6O/c27-19-9-7-18(8-10-19)22-11-12-23-25(32-22)33(17-21-6-2-4-15-29-21)26(34)24(31-23)30-16-13-20-5-1-3-14-28-20/h1-12,14-15H,13,16-17H2,(H,30,31). The van der Waals surface area contributed by atoms with Crippen LogP contribution in [-0.4, -0.2) is 31.0 Å². The fourth-order valence-electron chi connectivity index (χ4n) is 3.67. The van der Waals surface area contributed by atoms with Gasteiger partial charge in [0.1, 0.15) is 11.3 Å². The number of fused-ring (bicyclic) bond motifs is 1. The molecule has 1 N–H and O–H groups in total. The van der Waals surface area contributed by atoms with Crippen LogP contribution in [0.3, 0.4) is 0 Å². The van der Waals surface area contributed by atoms with Gasteiger partial charge in [0.05, 0.1) is 17.9 Å². The Morgan fingerprint density at radius 2 is 1.56 bits per heavy atom. The Balaban J connectivity index is 1.54. The number of nitrogens with zero attached hydrogens (tertiary/aromatic N) is 5. The highest BCUT2D eigenvalue weighted by atomic mass is 19.1. The van der Waals surface area contributed by atoms with Gasteiger partial charge in [-0.2, -0.15) is 0 Å². The lowest BCUT2D eigenvalue weighted by Gasteiger charge is -2.13.